The molecule has 4 aromatic carbocycles. The van der Waals surface area contributed by atoms with Gasteiger partial charge in [-0.2, -0.15) is 0 Å². The first-order valence-corrected chi connectivity index (χ1v) is 17.2. The van der Waals surface area contributed by atoms with E-state index in [1.165, 1.54) is 73.2 Å². The van der Waals surface area contributed by atoms with Crippen LogP contribution in [0.15, 0.2) is 83.3 Å². The molecule has 0 bridgehead atoms. The number of carbonyl (C=O) groups excluding carboxylic acids is 1. The highest BCUT2D eigenvalue weighted by molar-refractivity contribution is 6.13. The highest BCUT2D eigenvalue weighted by atomic mass is 16.7. The van der Waals surface area contributed by atoms with Crippen molar-refractivity contribution < 1.29 is 14.5 Å². The summed E-state index contributed by atoms with van der Waals surface area (Å²) in [6.45, 7) is 24.7. The van der Waals surface area contributed by atoms with Crippen molar-refractivity contribution in [2.24, 2.45) is 10.3 Å². The highest BCUT2D eigenvalue weighted by Gasteiger charge is 2.39. The monoisotopic (exact) mass is 651 g/mol. The van der Waals surface area contributed by atoms with Gasteiger partial charge in [0.15, 0.2) is 0 Å². The van der Waals surface area contributed by atoms with Crippen molar-refractivity contribution >= 4 is 39.2 Å². The predicted molar refractivity (Wildman–Crippen MR) is 202 cm³/mol. The van der Waals surface area contributed by atoms with Gasteiger partial charge in [0.05, 0.1) is 11.4 Å². The fourth-order valence-electron chi connectivity index (χ4n) is 7.99. The summed E-state index contributed by atoms with van der Waals surface area (Å²) >= 11 is 0. The standard InChI is InChI=1S/C43H45N3O3/c1-12-24(4)46-40-21-32-30-15-13-28(25(5)44-48-23(2)3)17-36(30)42(8,9)38(32)19-34(40)35-20-39-33(22-41(35)46)31-16-14-29(18-37(31)43(39,10)11)26(6)45-49-27(7)47/h13-22,24H,2,12H2,1,3-11H3/b44-25+,45-26+. The van der Waals surface area contributed by atoms with Crippen LogP contribution in [-0.2, 0) is 25.3 Å². The number of hydrogen-bond donors (Lipinski definition) is 0. The first-order chi connectivity index (χ1) is 23.1. The van der Waals surface area contributed by atoms with Crippen molar-refractivity contribution in [2.75, 3.05) is 0 Å². The Balaban J connectivity index is 1.42. The van der Waals surface area contributed by atoms with Gasteiger partial charge in [-0.15, -0.1) is 0 Å². The van der Waals surface area contributed by atoms with Gasteiger partial charge in [0.1, 0.15) is 5.76 Å². The molecule has 1 heterocycles. The van der Waals surface area contributed by atoms with Crippen molar-refractivity contribution in [3.63, 3.8) is 0 Å². The number of hydrogen-bond acceptors (Lipinski definition) is 5. The molecule has 6 nitrogen and oxygen atoms in total. The van der Waals surface area contributed by atoms with Crippen LogP contribution in [0.5, 0.6) is 0 Å². The maximum absolute atomic E-state index is 11.4. The van der Waals surface area contributed by atoms with Gasteiger partial charge in [-0.25, -0.2) is 4.79 Å². The molecule has 5 aromatic rings. The molecule has 0 N–H and O–H groups in total. The molecule has 0 fully saturated rings. The lowest BCUT2D eigenvalue weighted by Crippen LogP contribution is -2.16. The van der Waals surface area contributed by atoms with Crippen LogP contribution in [0.3, 0.4) is 0 Å². The molecule has 250 valence electrons. The maximum Gasteiger partial charge on any atom is 0.331 e. The summed E-state index contributed by atoms with van der Waals surface area (Å²) in [6.07, 6.45) is 1.02. The first-order valence-electron chi connectivity index (χ1n) is 17.2. The minimum atomic E-state index is -0.425. The zero-order chi connectivity index (χ0) is 35.2. The van der Waals surface area contributed by atoms with E-state index in [1.807, 2.05) is 13.8 Å². The predicted octanol–water partition coefficient (Wildman–Crippen LogP) is 10.9. The molecular formula is C43H45N3O3. The first kappa shape index (κ1) is 32.6. The Morgan fingerprint density at radius 1 is 0.694 bits per heavy atom. The molecule has 1 aromatic heterocycles. The van der Waals surface area contributed by atoms with Gasteiger partial charge >= 0.3 is 5.97 Å². The number of nitrogens with zero attached hydrogens (tertiary/aromatic N) is 3. The Bertz CT molecular complexity index is 2160. The van der Waals surface area contributed by atoms with Gasteiger partial charge in [-0.3, -0.25) is 0 Å². The van der Waals surface area contributed by atoms with Crippen LogP contribution in [0.1, 0.15) is 115 Å². The summed E-state index contributed by atoms with van der Waals surface area (Å²) in [6, 6.07) is 23.3. The number of allylic oxidation sites excluding steroid dienone is 1. The van der Waals surface area contributed by atoms with Gasteiger partial charge in [0.2, 0.25) is 0 Å². The van der Waals surface area contributed by atoms with E-state index in [2.05, 4.69) is 124 Å². The third kappa shape index (κ3) is 4.95. The zero-order valence-electron chi connectivity index (χ0n) is 30.3. The topological polar surface area (TPSA) is 65.2 Å². The molecule has 6 heteroatoms. The second-order valence-electron chi connectivity index (χ2n) is 15.0. The smallest absolute Gasteiger partial charge is 0.331 e. The van der Waals surface area contributed by atoms with E-state index in [4.69, 9.17) is 9.68 Å². The average Bonchev–Trinajstić information content (AvgIpc) is 3.59. The lowest BCUT2D eigenvalue weighted by molar-refractivity contribution is -0.140. The van der Waals surface area contributed by atoms with E-state index < -0.39 is 5.97 Å². The summed E-state index contributed by atoms with van der Waals surface area (Å²) in [4.78, 5) is 21.7. The molecular weight excluding hydrogens is 606 g/mol. The van der Waals surface area contributed by atoms with E-state index in [0.717, 1.165) is 23.3 Å². The molecule has 2 aliphatic rings. The Labute approximate surface area is 289 Å². The Hall–Kier alpha value is -4.97. The molecule has 1 atom stereocenters. The quantitative estimate of drug-likeness (QED) is 0.0761. The van der Waals surface area contributed by atoms with Crippen LogP contribution in [0.2, 0.25) is 0 Å². The fraction of sp³-hybridized carbons (Fsp3) is 0.326. The largest absolute Gasteiger partial charge is 0.362 e. The van der Waals surface area contributed by atoms with Crippen molar-refractivity contribution in [3.8, 4) is 22.3 Å². The second kappa shape index (κ2) is 11.3. The van der Waals surface area contributed by atoms with Crippen LogP contribution >= 0.6 is 0 Å². The number of rotatable bonds is 7. The van der Waals surface area contributed by atoms with E-state index in [9.17, 15) is 4.79 Å². The minimum Gasteiger partial charge on any atom is -0.362 e. The van der Waals surface area contributed by atoms with E-state index in [0.29, 0.717) is 17.5 Å². The van der Waals surface area contributed by atoms with E-state index >= 15 is 0 Å². The number of benzene rings is 4. The molecule has 0 amide bonds. The average molecular weight is 652 g/mol. The molecule has 0 aliphatic heterocycles. The van der Waals surface area contributed by atoms with Crippen LogP contribution in [-0.4, -0.2) is 22.0 Å². The van der Waals surface area contributed by atoms with Gasteiger partial charge < -0.3 is 14.2 Å². The molecule has 0 radical (unpaired) electrons. The van der Waals surface area contributed by atoms with Gasteiger partial charge in [0, 0.05) is 45.6 Å². The van der Waals surface area contributed by atoms with E-state index in [1.54, 1.807) is 6.92 Å². The van der Waals surface area contributed by atoms with Crippen molar-refractivity contribution in [3.05, 3.63) is 106 Å². The molecule has 0 saturated heterocycles. The van der Waals surface area contributed by atoms with Crippen LogP contribution in [0, 0.1) is 0 Å². The van der Waals surface area contributed by atoms with Crippen molar-refractivity contribution in [1.29, 1.82) is 0 Å². The van der Waals surface area contributed by atoms with Crippen molar-refractivity contribution in [1.82, 2.24) is 4.57 Å². The Morgan fingerprint density at radius 3 is 1.53 bits per heavy atom. The molecule has 7 rings (SSSR count). The Kier molecular flexibility index (Phi) is 7.51. The number of oxime groups is 2. The normalized spacial score (nSPS) is 16.3. The van der Waals surface area contributed by atoms with Crippen LogP contribution in [0.25, 0.3) is 44.1 Å². The molecule has 0 spiro atoms. The Morgan fingerprint density at radius 2 is 1.12 bits per heavy atom. The van der Waals surface area contributed by atoms with Crippen LogP contribution in [0.4, 0.5) is 0 Å². The van der Waals surface area contributed by atoms with Gasteiger partial charge in [-0.1, -0.05) is 75.8 Å². The third-order valence-corrected chi connectivity index (χ3v) is 10.9. The fourth-order valence-corrected chi connectivity index (χ4v) is 7.99. The van der Waals surface area contributed by atoms with Crippen molar-refractivity contribution in [2.45, 2.75) is 92.5 Å². The molecule has 2 aliphatic carbocycles. The van der Waals surface area contributed by atoms with Gasteiger partial charge in [0.25, 0.3) is 0 Å². The number of fused-ring (bicyclic) bond motifs is 9. The number of carbonyl (C=O) groups is 1. The summed E-state index contributed by atoms with van der Waals surface area (Å²) < 4.78 is 2.56. The van der Waals surface area contributed by atoms with E-state index in [-0.39, 0.29) is 10.8 Å². The third-order valence-electron chi connectivity index (χ3n) is 10.9. The zero-order valence-corrected chi connectivity index (χ0v) is 30.3. The molecule has 0 saturated carbocycles. The number of aromatic nitrogens is 1. The lowest BCUT2D eigenvalue weighted by atomic mass is 9.80. The SMILES string of the molecule is C=C(C)O/N=C(\C)c1ccc2c(c1)C(C)(C)c1cc3c4cc5c(cc4n(C(C)CC)c3cc1-2)-c1ccc(/C(C)=N/OC(C)=O)cc1C5(C)C. The summed E-state index contributed by atoms with van der Waals surface area (Å²) in [5.74, 6) is 0.142. The van der Waals surface area contributed by atoms with Gasteiger partial charge in [-0.05, 0) is 126 Å². The van der Waals surface area contributed by atoms with Crippen LogP contribution < -0.4 is 0 Å². The molecule has 49 heavy (non-hydrogen) atoms. The summed E-state index contributed by atoms with van der Waals surface area (Å²) in [5.41, 5.74) is 16.0. The lowest BCUT2D eigenvalue weighted by Gasteiger charge is -2.22. The summed E-state index contributed by atoms with van der Waals surface area (Å²) in [7, 11) is 0. The highest BCUT2D eigenvalue weighted by Crippen LogP contribution is 2.54. The minimum absolute atomic E-state index is 0.191. The molecule has 1 unspecified atom stereocenters. The summed E-state index contributed by atoms with van der Waals surface area (Å²) in [5, 5.41) is 10.9. The maximum atomic E-state index is 11.4. The second-order valence-corrected chi connectivity index (χ2v) is 15.0.